The lowest BCUT2D eigenvalue weighted by Crippen LogP contribution is -2.11. The van der Waals surface area contributed by atoms with E-state index in [1.807, 2.05) is 0 Å². The molecule has 0 saturated carbocycles. The number of halogens is 1. The molecular formula is C9H5BFN3O. The molecule has 1 aromatic carbocycles. The molecule has 0 unspecified atom stereocenters. The quantitative estimate of drug-likeness (QED) is 0.476. The van der Waals surface area contributed by atoms with Crippen LogP contribution in [0.3, 0.4) is 0 Å². The summed E-state index contributed by atoms with van der Waals surface area (Å²) < 4.78 is 18.3. The number of benzene rings is 1. The first-order chi connectivity index (χ1) is 7.06. The standard InChI is InChI=1S/C9H5BFN3O/c10-4-1-5(11)8-6(7(4)13)3(2-12)9(14)15-8/h1H,13-14H2. The molecule has 0 amide bonds. The van der Waals surface area contributed by atoms with Crippen molar-refractivity contribution < 1.29 is 8.81 Å². The minimum atomic E-state index is -0.690. The predicted octanol–water partition coefficient (Wildman–Crippen LogP) is 0.402. The van der Waals surface area contributed by atoms with Gasteiger partial charge in [0.2, 0.25) is 5.88 Å². The van der Waals surface area contributed by atoms with Gasteiger partial charge < -0.3 is 15.9 Å². The van der Waals surface area contributed by atoms with E-state index in [0.29, 0.717) is 0 Å². The summed E-state index contributed by atoms with van der Waals surface area (Å²) in [6, 6.07) is 2.82. The molecule has 0 spiro atoms. The number of fused-ring (bicyclic) bond motifs is 1. The highest BCUT2D eigenvalue weighted by Crippen LogP contribution is 2.32. The molecule has 15 heavy (non-hydrogen) atoms. The molecule has 0 fully saturated rings. The fourth-order valence-electron chi connectivity index (χ4n) is 1.41. The van der Waals surface area contributed by atoms with Crippen LogP contribution < -0.4 is 16.9 Å². The van der Waals surface area contributed by atoms with Gasteiger partial charge in [0.25, 0.3) is 0 Å². The highest BCUT2D eigenvalue weighted by Gasteiger charge is 2.18. The van der Waals surface area contributed by atoms with Gasteiger partial charge >= 0.3 is 0 Å². The first-order valence-corrected chi connectivity index (χ1v) is 4.01. The molecule has 0 saturated heterocycles. The topological polar surface area (TPSA) is 89.0 Å². The van der Waals surface area contributed by atoms with Gasteiger partial charge in [0.15, 0.2) is 11.4 Å². The zero-order chi connectivity index (χ0) is 11.2. The van der Waals surface area contributed by atoms with Crippen molar-refractivity contribution in [3.8, 4) is 6.07 Å². The van der Waals surface area contributed by atoms with Gasteiger partial charge in [-0.05, 0) is 6.07 Å². The molecule has 1 heterocycles. The van der Waals surface area contributed by atoms with Crippen LogP contribution >= 0.6 is 0 Å². The fraction of sp³-hybridized carbons (Fsp3) is 0. The van der Waals surface area contributed by atoms with Crippen molar-refractivity contribution in [3.05, 3.63) is 17.4 Å². The highest BCUT2D eigenvalue weighted by atomic mass is 19.1. The van der Waals surface area contributed by atoms with Crippen LogP contribution in [-0.2, 0) is 0 Å². The van der Waals surface area contributed by atoms with E-state index < -0.39 is 5.82 Å². The molecule has 0 aliphatic carbocycles. The second-order valence-corrected chi connectivity index (χ2v) is 3.02. The highest BCUT2D eigenvalue weighted by molar-refractivity contribution is 6.37. The van der Waals surface area contributed by atoms with Crippen LogP contribution in [-0.4, -0.2) is 7.85 Å². The molecule has 0 aliphatic heterocycles. The molecule has 0 aliphatic rings. The van der Waals surface area contributed by atoms with Crippen LogP contribution in [0.1, 0.15) is 5.56 Å². The van der Waals surface area contributed by atoms with Crippen molar-refractivity contribution >= 4 is 35.8 Å². The summed E-state index contributed by atoms with van der Waals surface area (Å²) in [4.78, 5) is 0. The summed E-state index contributed by atoms with van der Waals surface area (Å²) in [5.74, 6) is -0.853. The Labute approximate surface area is 85.7 Å². The number of furan rings is 1. The molecule has 1 aromatic heterocycles. The third-order valence-electron chi connectivity index (χ3n) is 2.13. The summed E-state index contributed by atoms with van der Waals surface area (Å²) in [6.07, 6.45) is 0. The lowest BCUT2D eigenvalue weighted by atomic mass is 9.91. The van der Waals surface area contributed by atoms with Crippen LogP contribution in [0.15, 0.2) is 10.5 Å². The minimum absolute atomic E-state index is 0.00806. The van der Waals surface area contributed by atoms with Gasteiger partial charge in [-0.2, -0.15) is 5.26 Å². The van der Waals surface area contributed by atoms with Gasteiger partial charge in [0.1, 0.15) is 19.5 Å². The average Bonchev–Trinajstić information content (AvgIpc) is 2.52. The number of nitriles is 1. The van der Waals surface area contributed by atoms with E-state index >= 15 is 0 Å². The third kappa shape index (κ3) is 1.13. The van der Waals surface area contributed by atoms with E-state index in [-0.39, 0.29) is 33.6 Å². The van der Waals surface area contributed by atoms with E-state index in [4.69, 9.17) is 29.0 Å². The Kier molecular flexibility index (Phi) is 1.83. The summed E-state index contributed by atoms with van der Waals surface area (Å²) in [5, 5.41) is 8.93. The lowest BCUT2D eigenvalue weighted by Gasteiger charge is -2.01. The Hall–Kier alpha value is -2.16. The zero-order valence-electron chi connectivity index (χ0n) is 7.54. The van der Waals surface area contributed by atoms with E-state index in [2.05, 4.69) is 0 Å². The van der Waals surface area contributed by atoms with Crippen LogP contribution in [0.2, 0.25) is 0 Å². The Balaban J connectivity index is 3.06. The second-order valence-electron chi connectivity index (χ2n) is 3.02. The fourth-order valence-corrected chi connectivity index (χ4v) is 1.41. The molecule has 72 valence electrons. The van der Waals surface area contributed by atoms with Gasteiger partial charge in [0, 0.05) is 5.69 Å². The van der Waals surface area contributed by atoms with Crippen LogP contribution in [0.5, 0.6) is 0 Å². The van der Waals surface area contributed by atoms with Crippen LogP contribution in [0.4, 0.5) is 16.0 Å². The molecule has 0 bridgehead atoms. The summed E-state index contributed by atoms with van der Waals surface area (Å²) in [6.45, 7) is 0. The Morgan fingerprint density at radius 1 is 1.47 bits per heavy atom. The van der Waals surface area contributed by atoms with Crippen molar-refractivity contribution in [1.82, 2.24) is 0 Å². The van der Waals surface area contributed by atoms with Crippen molar-refractivity contribution in [1.29, 1.82) is 5.26 Å². The Morgan fingerprint density at radius 3 is 2.73 bits per heavy atom. The van der Waals surface area contributed by atoms with Gasteiger partial charge in [-0.1, -0.05) is 5.46 Å². The minimum Gasteiger partial charge on any atom is -0.436 e. The first kappa shape index (κ1) is 9.40. The predicted molar refractivity (Wildman–Crippen MR) is 55.1 cm³/mol. The smallest absolute Gasteiger partial charge is 0.209 e. The SMILES string of the molecule is [B]c1cc(F)c2oc(N)c(C#N)c2c1N. The number of nitrogens with two attached hydrogens (primary N) is 2. The Bertz CT molecular complexity index is 600. The molecule has 6 heteroatoms. The molecule has 0 atom stereocenters. The maximum Gasteiger partial charge on any atom is 0.209 e. The molecule has 2 radical (unpaired) electrons. The van der Waals surface area contributed by atoms with E-state index in [9.17, 15) is 4.39 Å². The summed E-state index contributed by atoms with van der Waals surface area (Å²) in [5.41, 5.74) is 11.0. The van der Waals surface area contributed by atoms with Crippen molar-refractivity contribution in [3.63, 3.8) is 0 Å². The molecule has 4 N–H and O–H groups in total. The normalized spacial score (nSPS) is 10.4. The second kappa shape index (κ2) is 2.92. The van der Waals surface area contributed by atoms with Gasteiger partial charge in [0.05, 0.1) is 5.39 Å². The van der Waals surface area contributed by atoms with Gasteiger partial charge in [-0.15, -0.1) is 0 Å². The van der Waals surface area contributed by atoms with Crippen molar-refractivity contribution in [2.75, 3.05) is 11.5 Å². The van der Waals surface area contributed by atoms with Crippen LogP contribution in [0, 0.1) is 17.1 Å². The monoisotopic (exact) mass is 201 g/mol. The van der Waals surface area contributed by atoms with Crippen molar-refractivity contribution in [2.24, 2.45) is 0 Å². The number of hydrogen-bond acceptors (Lipinski definition) is 4. The molecule has 2 aromatic rings. The summed E-state index contributed by atoms with van der Waals surface area (Å²) in [7, 11) is 5.46. The lowest BCUT2D eigenvalue weighted by molar-refractivity contribution is 0.572. The first-order valence-electron chi connectivity index (χ1n) is 4.01. The van der Waals surface area contributed by atoms with Crippen LogP contribution in [0.25, 0.3) is 11.0 Å². The number of hydrogen-bond donors (Lipinski definition) is 2. The average molecular weight is 201 g/mol. The molecular weight excluding hydrogens is 196 g/mol. The largest absolute Gasteiger partial charge is 0.436 e. The van der Waals surface area contributed by atoms with E-state index in [0.717, 1.165) is 6.07 Å². The Morgan fingerprint density at radius 2 is 2.13 bits per heavy atom. The number of rotatable bonds is 0. The van der Waals surface area contributed by atoms with E-state index in [1.54, 1.807) is 6.07 Å². The summed E-state index contributed by atoms with van der Waals surface area (Å²) >= 11 is 0. The number of anilines is 2. The van der Waals surface area contributed by atoms with Crippen molar-refractivity contribution in [2.45, 2.75) is 0 Å². The van der Waals surface area contributed by atoms with E-state index in [1.165, 1.54) is 0 Å². The molecule has 2 rings (SSSR count). The maximum atomic E-state index is 13.4. The number of nitrogens with zero attached hydrogens (tertiary/aromatic N) is 1. The zero-order valence-corrected chi connectivity index (χ0v) is 7.54. The third-order valence-corrected chi connectivity index (χ3v) is 2.13. The maximum absolute atomic E-state index is 13.4. The number of nitrogen functional groups attached to an aromatic ring is 2. The van der Waals surface area contributed by atoms with Gasteiger partial charge in [-0.25, -0.2) is 4.39 Å². The van der Waals surface area contributed by atoms with Gasteiger partial charge in [-0.3, -0.25) is 0 Å². The molecule has 4 nitrogen and oxygen atoms in total.